The van der Waals surface area contributed by atoms with E-state index in [4.69, 9.17) is 4.74 Å². The third-order valence-electron chi connectivity index (χ3n) is 6.54. The monoisotopic (exact) mass is 438 g/mol. The highest BCUT2D eigenvalue weighted by molar-refractivity contribution is 7.20. The molecule has 1 aliphatic carbocycles. The molecule has 4 rings (SSSR count). The fourth-order valence-corrected chi connectivity index (χ4v) is 5.80. The molecule has 0 unspecified atom stereocenters. The Labute approximate surface area is 188 Å². The molecule has 1 aliphatic rings. The van der Waals surface area contributed by atoms with Gasteiger partial charge in [0, 0.05) is 6.07 Å². The fraction of sp³-hybridized carbons (Fsp3) is 0.444. The molecule has 1 heterocycles. The summed E-state index contributed by atoms with van der Waals surface area (Å²) >= 11 is 1.23. The third-order valence-corrected chi connectivity index (χ3v) is 7.56. The lowest BCUT2D eigenvalue weighted by Gasteiger charge is -2.28. The molecule has 0 atom stereocenters. The van der Waals surface area contributed by atoms with E-state index in [2.05, 4.69) is 13.8 Å². The molecule has 0 amide bonds. The van der Waals surface area contributed by atoms with Gasteiger partial charge in [0.1, 0.15) is 5.82 Å². The van der Waals surface area contributed by atoms with Crippen LogP contribution in [0.15, 0.2) is 42.5 Å². The fourth-order valence-electron chi connectivity index (χ4n) is 4.84. The predicted molar refractivity (Wildman–Crippen MR) is 127 cm³/mol. The van der Waals surface area contributed by atoms with E-state index in [1.165, 1.54) is 42.6 Å². The van der Waals surface area contributed by atoms with Gasteiger partial charge in [-0.2, -0.15) is 0 Å². The molecular formula is C27H31FO2S. The second-order valence-electron chi connectivity index (χ2n) is 8.80. The molecule has 1 aromatic heterocycles. The maximum atomic E-state index is 15.4. The highest BCUT2D eigenvalue weighted by atomic mass is 32.1. The molecule has 3 aromatic rings. The van der Waals surface area contributed by atoms with Crippen molar-refractivity contribution in [3.05, 3.63) is 65.0 Å². The average Bonchev–Trinajstić information content (AvgIpc) is 3.19. The van der Waals surface area contributed by atoms with Gasteiger partial charge >= 0.3 is 5.97 Å². The first-order valence-corrected chi connectivity index (χ1v) is 12.4. The van der Waals surface area contributed by atoms with Crippen LogP contribution in [0.4, 0.5) is 4.39 Å². The number of rotatable bonds is 7. The largest absolute Gasteiger partial charge is 0.412 e. The van der Waals surface area contributed by atoms with Crippen LogP contribution in [0, 0.1) is 11.7 Å². The molecule has 1 saturated carbocycles. The van der Waals surface area contributed by atoms with Crippen molar-refractivity contribution >= 4 is 27.4 Å². The molecule has 0 spiro atoms. The lowest BCUT2D eigenvalue weighted by atomic mass is 9.77. The zero-order valence-corrected chi connectivity index (χ0v) is 19.3. The van der Waals surface area contributed by atoms with Crippen molar-refractivity contribution in [3.63, 3.8) is 0 Å². The van der Waals surface area contributed by atoms with Gasteiger partial charge in [0.05, 0.1) is 10.3 Å². The van der Waals surface area contributed by atoms with Gasteiger partial charge in [-0.15, -0.1) is 0 Å². The van der Waals surface area contributed by atoms with Crippen LogP contribution in [0.5, 0.6) is 5.06 Å². The second-order valence-corrected chi connectivity index (χ2v) is 9.81. The van der Waals surface area contributed by atoms with Gasteiger partial charge in [0.2, 0.25) is 0 Å². The Bertz CT molecular complexity index is 1030. The van der Waals surface area contributed by atoms with Crippen LogP contribution in [0.2, 0.25) is 0 Å². The normalized spacial score (nSPS) is 18.9. The number of carbonyl (C=O) groups is 1. The van der Waals surface area contributed by atoms with E-state index < -0.39 is 5.97 Å². The zero-order chi connectivity index (χ0) is 21.8. The lowest BCUT2D eigenvalue weighted by Crippen LogP contribution is -2.14. The number of aryl methyl sites for hydroxylation is 1. The number of esters is 1. The summed E-state index contributed by atoms with van der Waals surface area (Å²) in [6, 6.07) is 13.2. The molecule has 0 bridgehead atoms. The number of carbonyl (C=O) groups excluding carboxylic acids is 1. The number of hydrogen-bond donors (Lipinski definition) is 0. The summed E-state index contributed by atoms with van der Waals surface area (Å²) in [5.74, 6) is 0.571. The van der Waals surface area contributed by atoms with Crippen molar-refractivity contribution < 1.29 is 13.9 Å². The minimum absolute atomic E-state index is 0.132. The van der Waals surface area contributed by atoms with Crippen LogP contribution in [-0.2, 0) is 6.42 Å². The molecule has 0 radical (unpaired) electrons. The number of hydrogen-bond acceptors (Lipinski definition) is 3. The minimum atomic E-state index is -0.399. The van der Waals surface area contributed by atoms with E-state index in [1.807, 2.05) is 24.3 Å². The molecule has 0 saturated heterocycles. The van der Waals surface area contributed by atoms with Crippen molar-refractivity contribution in [1.29, 1.82) is 0 Å². The first kappa shape index (κ1) is 22.0. The summed E-state index contributed by atoms with van der Waals surface area (Å²) in [5.41, 5.74) is 2.55. The highest BCUT2D eigenvalue weighted by Crippen LogP contribution is 2.42. The minimum Gasteiger partial charge on any atom is -0.412 e. The number of fused-ring (bicyclic) bond motifs is 1. The van der Waals surface area contributed by atoms with Crippen molar-refractivity contribution in [3.8, 4) is 5.06 Å². The van der Waals surface area contributed by atoms with Crippen LogP contribution < -0.4 is 4.74 Å². The smallest absolute Gasteiger partial charge is 0.344 e. The third kappa shape index (κ3) is 5.01. The maximum absolute atomic E-state index is 15.4. The van der Waals surface area contributed by atoms with Gasteiger partial charge < -0.3 is 4.74 Å². The Kier molecular flexibility index (Phi) is 7.06. The van der Waals surface area contributed by atoms with Gasteiger partial charge in [-0.1, -0.05) is 68.7 Å². The molecule has 0 aliphatic heterocycles. The average molecular weight is 439 g/mol. The number of ether oxygens (including phenoxy) is 1. The van der Waals surface area contributed by atoms with Crippen molar-refractivity contribution in [2.75, 3.05) is 0 Å². The zero-order valence-electron chi connectivity index (χ0n) is 18.5. The first-order chi connectivity index (χ1) is 15.1. The Hall–Kier alpha value is -2.20. The van der Waals surface area contributed by atoms with Crippen LogP contribution >= 0.6 is 11.3 Å². The molecule has 2 aromatic carbocycles. The SMILES string of the molecule is CCCc1ccc(C(=O)Oc2cc3ccc(C4CCC(CCC)CC4)c(F)c3s2)cc1. The quantitative estimate of drug-likeness (QED) is 0.347. The maximum Gasteiger partial charge on any atom is 0.344 e. The van der Waals surface area contributed by atoms with Gasteiger partial charge in [-0.05, 0) is 72.6 Å². The van der Waals surface area contributed by atoms with Gasteiger partial charge in [-0.25, -0.2) is 9.18 Å². The van der Waals surface area contributed by atoms with Crippen molar-refractivity contribution in [1.82, 2.24) is 0 Å². The second kappa shape index (κ2) is 9.95. The molecule has 1 fully saturated rings. The van der Waals surface area contributed by atoms with Gasteiger partial charge in [0.25, 0.3) is 0 Å². The Morgan fingerprint density at radius 2 is 1.77 bits per heavy atom. The molecule has 31 heavy (non-hydrogen) atoms. The standard InChI is InChI=1S/C27H31FO2S/c1-3-5-18-7-11-20(12-8-18)23-16-15-22-17-24(31-26(22)25(23)28)30-27(29)21-13-9-19(6-4-2)10-14-21/h9-10,13-18,20H,3-8,11-12H2,1-2H3. The predicted octanol–water partition coefficient (Wildman–Crippen LogP) is 8.29. The summed E-state index contributed by atoms with van der Waals surface area (Å²) < 4.78 is 21.5. The summed E-state index contributed by atoms with van der Waals surface area (Å²) in [6.07, 6.45) is 9.10. The number of benzene rings is 2. The topological polar surface area (TPSA) is 26.3 Å². The van der Waals surface area contributed by atoms with Gasteiger partial charge in [0.15, 0.2) is 5.06 Å². The van der Waals surface area contributed by atoms with E-state index >= 15 is 4.39 Å². The van der Waals surface area contributed by atoms with E-state index in [0.29, 0.717) is 21.2 Å². The Morgan fingerprint density at radius 1 is 1.03 bits per heavy atom. The van der Waals surface area contributed by atoms with Crippen molar-refractivity contribution in [2.45, 2.75) is 71.1 Å². The Balaban J connectivity index is 1.48. The summed E-state index contributed by atoms with van der Waals surface area (Å²) in [6.45, 7) is 4.37. The number of thiophene rings is 1. The van der Waals surface area contributed by atoms with Crippen LogP contribution in [0.3, 0.4) is 0 Å². The first-order valence-electron chi connectivity index (χ1n) is 11.6. The van der Waals surface area contributed by atoms with Gasteiger partial charge in [-0.3, -0.25) is 0 Å². The Morgan fingerprint density at radius 3 is 2.45 bits per heavy atom. The van der Waals surface area contributed by atoms with E-state index in [1.54, 1.807) is 18.2 Å². The summed E-state index contributed by atoms with van der Waals surface area (Å²) in [5, 5.41) is 1.24. The highest BCUT2D eigenvalue weighted by Gasteiger charge is 2.25. The lowest BCUT2D eigenvalue weighted by molar-refractivity contribution is 0.0741. The molecule has 164 valence electrons. The van der Waals surface area contributed by atoms with Crippen molar-refractivity contribution in [2.24, 2.45) is 5.92 Å². The van der Waals surface area contributed by atoms with E-state index in [-0.39, 0.29) is 5.82 Å². The summed E-state index contributed by atoms with van der Waals surface area (Å²) in [4.78, 5) is 12.5. The number of halogens is 1. The molecule has 0 N–H and O–H groups in total. The van der Waals surface area contributed by atoms with Crippen LogP contribution in [0.25, 0.3) is 10.1 Å². The summed E-state index contributed by atoms with van der Waals surface area (Å²) in [7, 11) is 0. The van der Waals surface area contributed by atoms with Crippen LogP contribution in [0.1, 0.15) is 86.2 Å². The molecular weight excluding hydrogens is 407 g/mol. The molecule has 4 heteroatoms. The van der Waals surface area contributed by atoms with E-state index in [9.17, 15) is 4.79 Å². The van der Waals surface area contributed by atoms with E-state index in [0.717, 1.165) is 42.6 Å². The van der Waals surface area contributed by atoms with Crippen LogP contribution in [-0.4, -0.2) is 5.97 Å². The molecule has 2 nitrogen and oxygen atoms in total.